The second-order valence-corrected chi connectivity index (χ2v) is 9.94. The molecule has 1 aromatic carbocycles. The number of aromatic nitrogens is 1. The minimum absolute atomic E-state index is 0.0932. The van der Waals surface area contributed by atoms with Crippen molar-refractivity contribution in [3.63, 3.8) is 0 Å². The monoisotopic (exact) mass is 509 g/mol. The lowest BCUT2D eigenvalue weighted by molar-refractivity contribution is -0.140. The molecule has 0 N–H and O–H groups in total. The van der Waals surface area contributed by atoms with E-state index in [1.165, 1.54) is 34.4 Å². The Morgan fingerprint density at radius 2 is 1.94 bits per heavy atom. The third-order valence-corrected chi connectivity index (χ3v) is 8.00. The Labute approximate surface area is 209 Å². The second-order valence-electron chi connectivity index (χ2n) is 7.99. The molecule has 4 heterocycles. The van der Waals surface area contributed by atoms with Gasteiger partial charge in [0.25, 0.3) is 11.5 Å². The molecule has 1 atom stereocenters. The van der Waals surface area contributed by atoms with Gasteiger partial charge in [-0.05, 0) is 31.4 Å². The minimum Gasteiger partial charge on any atom is -0.460 e. The lowest BCUT2D eigenvalue weighted by Crippen LogP contribution is -2.40. The fourth-order valence-corrected chi connectivity index (χ4v) is 6.42. The molecule has 5 rings (SSSR count). The van der Waals surface area contributed by atoms with Gasteiger partial charge >= 0.3 is 5.97 Å². The van der Waals surface area contributed by atoms with Gasteiger partial charge in [0.15, 0.2) is 4.80 Å². The molecule has 2 aliphatic heterocycles. The first-order valence-corrected chi connectivity index (χ1v) is 12.8. The van der Waals surface area contributed by atoms with E-state index in [1.54, 1.807) is 11.8 Å². The molecule has 8 nitrogen and oxygen atoms in total. The fourth-order valence-electron chi connectivity index (χ4n) is 4.46. The summed E-state index contributed by atoms with van der Waals surface area (Å²) in [5, 5.41) is 1.90. The SMILES string of the molecule is CCN1C(=O)/C(=c2\sc3n(c2=O)[C@H](c2cccs2)C(C(=O)OCCOC)=C(C)N=3)c2ccccc21. The van der Waals surface area contributed by atoms with Crippen LogP contribution in [0.25, 0.3) is 5.57 Å². The normalized spacial score (nSPS) is 18.4. The summed E-state index contributed by atoms with van der Waals surface area (Å²) >= 11 is 2.62. The Kier molecular flexibility index (Phi) is 6.26. The van der Waals surface area contributed by atoms with Crippen molar-refractivity contribution in [2.75, 3.05) is 31.8 Å². The summed E-state index contributed by atoms with van der Waals surface area (Å²) in [5.41, 5.74) is 2.33. The number of fused-ring (bicyclic) bond motifs is 2. The van der Waals surface area contributed by atoms with E-state index in [-0.39, 0.29) is 24.7 Å². The van der Waals surface area contributed by atoms with E-state index in [9.17, 15) is 14.4 Å². The van der Waals surface area contributed by atoms with Gasteiger partial charge in [0.1, 0.15) is 17.2 Å². The number of ether oxygens (including phenoxy) is 2. The molecular weight excluding hydrogens is 486 g/mol. The summed E-state index contributed by atoms with van der Waals surface area (Å²) in [7, 11) is 1.53. The first-order valence-electron chi connectivity index (χ1n) is 11.1. The number of esters is 1. The number of hydrogen-bond acceptors (Lipinski definition) is 8. The number of amides is 1. The maximum Gasteiger partial charge on any atom is 0.338 e. The van der Waals surface area contributed by atoms with E-state index >= 15 is 0 Å². The molecule has 0 unspecified atom stereocenters. The Bertz CT molecular complexity index is 1530. The van der Waals surface area contributed by atoms with Crippen LogP contribution in [0, 0.1) is 0 Å². The summed E-state index contributed by atoms with van der Waals surface area (Å²) in [6, 6.07) is 10.5. The summed E-state index contributed by atoms with van der Waals surface area (Å²) < 4.78 is 12.2. The van der Waals surface area contributed by atoms with Crippen LogP contribution in [0.15, 0.2) is 62.8 Å². The average Bonchev–Trinajstić information content (AvgIpc) is 3.55. The van der Waals surface area contributed by atoms with E-state index in [1.807, 2.05) is 48.7 Å². The third kappa shape index (κ3) is 3.78. The van der Waals surface area contributed by atoms with E-state index < -0.39 is 12.0 Å². The fraction of sp³-hybridized carbons (Fsp3) is 0.280. The predicted molar refractivity (Wildman–Crippen MR) is 134 cm³/mol. The lowest BCUT2D eigenvalue weighted by atomic mass is 10.0. The highest BCUT2D eigenvalue weighted by atomic mass is 32.1. The second kappa shape index (κ2) is 9.37. The van der Waals surface area contributed by atoms with E-state index in [4.69, 9.17) is 9.47 Å². The number of hydrogen-bond donors (Lipinski definition) is 0. The van der Waals surface area contributed by atoms with Crippen molar-refractivity contribution in [3.8, 4) is 0 Å². The first kappa shape index (κ1) is 23.4. The van der Waals surface area contributed by atoms with Crippen LogP contribution in [0.5, 0.6) is 0 Å². The Hall–Kier alpha value is -3.34. The molecular formula is C25H23N3O5S2. The van der Waals surface area contributed by atoms with Crippen LogP contribution >= 0.6 is 22.7 Å². The number of thiazole rings is 1. The number of allylic oxidation sites excluding steroid dienone is 1. The highest BCUT2D eigenvalue weighted by molar-refractivity contribution is 7.10. The number of benzene rings is 1. The van der Waals surface area contributed by atoms with Crippen LogP contribution in [0.2, 0.25) is 0 Å². The van der Waals surface area contributed by atoms with Gasteiger partial charge in [0.05, 0.1) is 29.1 Å². The van der Waals surface area contributed by atoms with Crippen molar-refractivity contribution in [2.24, 2.45) is 4.99 Å². The van der Waals surface area contributed by atoms with Gasteiger partial charge in [-0.25, -0.2) is 9.79 Å². The van der Waals surface area contributed by atoms with Crippen molar-refractivity contribution < 1.29 is 19.1 Å². The molecule has 10 heteroatoms. The van der Waals surface area contributed by atoms with Crippen molar-refractivity contribution in [1.82, 2.24) is 4.57 Å². The van der Waals surface area contributed by atoms with Crippen LogP contribution in [0.1, 0.15) is 30.3 Å². The smallest absolute Gasteiger partial charge is 0.338 e. The highest BCUT2D eigenvalue weighted by Crippen LogP contribution is 2.36. The molecule has 0 spiro atoms. The number of para-hydroxylation sites is 1. The van der Waals surface area contributed by atoms with Gasteiger partial charge < -0.3 is 14.4 Å². The number of carbonyl (C=O) groups excluding carboxylic acids is 2. The zero-order chi connectivity index (χ0) is 24.7. The molecule has 0 aliphatic carbocycles. The number of likely N-dealkylation sites (N-methyl/N-ethyl adjacent to an activating group) is 1. The number of methoxy groups -OCH3 is 1. The van der Waals surface area contributed by atoms with Crippen molar-refractivity contribution in [1.29, 1.82) is 0 Å². The largest absolute Gasteiger partial charge is 0.460 e. The van der Waals surface area contributed by atoms with Crippen molar-refractivity contribution in [3.05, 3.63) is 83.2 Å². The van der Waals surface area contributed by atoms with E-state index in [0.717, 1.165) is 16.1 Å². The summed E-state index contributed by atoms with van der Waals surface area (Å²) in [5.74, 6) is -0.749. The van der Waals surface area contributed by atoms with E-state index in [0.29, 0.717) is 32.7 Å². The maximum absolute atomic E-state index is 13.9. The summed E-state index contributed by atoms with van der Waals surface area (Å²) in [6.45, 7) is 4.49. The lowest BCUT2D eigenvalue weighted by Gasteiger charge is -2.23. The van der Waals surface area contributed by atoms with Crippen LogP contribution in [-0.4, -0.2) is 43.3 Å². The third-order valence-electron chi connectivity index (χ3n) is 6.02. The minimum atomic E-state index is -0.690. The molecule has 0 fully saturated rings. The Balaban J connectivity index is 1.74. The molecule has 1 amide bonds. The van der Waals surface area contributed by atoms with Crippen LogP contribution < -0.4 is 19.8 Å². The van der Waals surface area contributed by atoms with E-state index in [2.05, 4.69) is 4.99 Å². The zero-order valence-corrected chi connectivity index (χ0v) is 21.1. The molecule has 0 radical (unpaired) electrons. The number of carbonyl (C=O) groups is 2. The zero-order valence-electron chi connectivity index (χ0n) is 19.4. The standard InChI is InChI=1S/C25H23N3O5S2/c1-4-27-16-9-6-5-8-15(16)19(22(27)29)21-23(30)28-20(17-10-7-13-34-17)18(14(2)26-25(28)35-21)24(31)33-12-11-32-3/h5-10,13,20H,4,11-12H2,1-3H3/b21-19-/t20-/m1/s1. The number of nitrogens with zero attached hydrogens (tertiary/aromatic N) is 3. The molecule has 2 aromatic heterocycles. The molecule has 0 bridgehead atoms. The van der Waals surface area contributed by atoms with Gasteiger partial charge in [-0.3, -0.25) is 14.2 Å². The number of anilines is 1. The summed E-state index contributed by atoms with van der Waals surface area (Å²) in [6.07, 6.45) is 0. The Morgan fingerprint density at radius 3 is 2.66 bits per heavy atom. The molecule has 0 saturated carbocycles. The Morgan fingerprint density at radius 1 is 1.14 bits per heavy atom. The van der Waals surface area contributed by atoms with Crippen LogP contribution in [0.4, 0.5) is 5.69 Å². The summed E-state index contributed by atoms with van der Waals surface area (Å²) in [4.78, 5) is 47.9. The molecule has 35 heavy (non-hydrogen) atoms. The van der Waals surface area contributed by atoms with Crippen molar-refractivity contribution >= 4 is 45.8 Å². The quantitative estimate of drug-likeness (QED) is 0.376. The molecule has 180 valence electrons. The average molecular weight is 510 g/mol. The van der Waals surface area contributed by atoms with Gasteiger partial charge in [0, 0.05) is 24.1 Å². The molecule has 3 aromatic rings. The highest BCUT2D eigenvalue weighted by Gasteiger charge is 2.37. The number of rotatable bonds is 6. The van der Waals surface area contributed by atoms with Crippen molar-refractivity contribution in [2.45, 2.75) is 19.9 Å². The number of thiophene rings is 1. The predicted octanol–water partition coefficient (Wildman–Crippen LogP) is 2.22. The van der Waals surface area contributed by atoms with Gasteiger partial charge in [0.2, 0.25) is 0 Å². The van der Waals surface area contributed by atoms with Gasteiger partial charge in [-0.1, -0.05) is 35.6 Å². The molecule has 0 saturated heterocycles. The topological polar surface area (TPSA) is 90.2 Å². The maximum atomic E-state index is 13.9. The van der Waals surface area contributed by atoms with Crippen LogP contribution in [-0.2, 0) is 19.1 Å². The first-order chi connectivity index (χ1) is 17.0. The van der Waals surface area contributed by atoms with Gasteiger partial charge in [-0.2, -0.15) is 0 Å². The van der Waals surface area contributed by atoms with Crippen LogP contribution in [0.3, 0.4) is 0 Å². The molecule has 2 aliphatic rings. The van der Waals surface area contributed by atoms with Gasteiger partial charge in [-0.15, -0.1) is 11.3 Å².